The van der Waals surface area contributed by atoms with Crippen molar-refractivity contribution in [1.82, 2.24) is 5.32 Å². The highest BCUT2D eigenvalue weighted by Crippen LogP contribution is 2.66. The van der Waals surface area contributed by atoms with Crippen molar-refractivity contribution < 1.29 is 29.1 Å². The summed E-state index contributed by atoms with van der Waals surface area (Å²) in [4.78, 5) is 42.7. The number of hydrogen-bond acceptors (Lipinski definition) is 7. The molecule has 4 aliphatic rings. The summed E-state index contributed by atoms with van der Waals surface area (Å²) in [7, 11) is 1.28. The van der Waals surface area contributed by atoms with E-state index in [4.69, 9.17) is 9.57 Å². The predicted molar refractivity (Wildman–Crippen MR) is 155 cm³/mol. The van der Waals surface area contributed by atoms with Crippen molar-refractivity contribution in [1.29, 1.82) is 0 Å². The number of Topliss-reactive ketones (excluding diaryl/α,β-unsaturated/α-hetero) is 1. The summed E-state index contributed by atoms with van der Waals surface area (Å²) in [6.07, 6.45) is 11.0. The van der Waals surface area contributed by atoms with Gasteiger partial charge in [-0.1, -0.05) is 36.7 Å². The highest BCUT2D eigenvalue weighted by molar-refractivity contribution is 5.96. The van der Waals surface area contributed by atoms with E-state index < -0.39 is 17.9 Å². The number of nitrogens with one attached hydrogen (secondary N) is 1. The molecule has 0 bridgehead atoms. The van der Waals surface area contributed by atoms with Gasteiger partial charge in [0.2, 0.25) is 0 Å². The largest absolute Gasteiger partial charge is 0.508 e. The summed E-state index contributed by atoms with van der Waals surface area (Å²) in [6, 6.07) is 5.58. The molecule has 1 amide bonds. The molecule has 8 nitrogen and oxygen atoms in total. The van der Waals surface area contributed by atoms with E-state index in [1.165, 1.54) is 44.1 Å². The quantitative estimate of drug-likeness (QED) is 0.334. The van der Waals surface area contributed by atoms with Gasteiger partial charge in [-0.3, -0.25) is 9.59 Å². The Kier molecular flexibility index (Phi) is 8.31. The number of benzene rings is 1. The van der Waals surface area contributed by atoms with Gasteiger partial charge >= 0.3 is 5.97 Å². The number of fused-ring (bicyclic) bond motifs is 5. The molecule has 7 atom stereocenters. The molecular formula is C33H44N2O6. The maximum Gasteiger partial charge on any atom is 0.328 e. The van der Waals surface area contributed by atoms with Crippen molar-refractivity contribution in [2.45, 2.75) is 84.6 Å². The van der Waals surface area contributed by atoms with Gasteiger partial charge in [-0.15, -0.1) is 0 Å². The number of nitrogens with zero attached hydrogens (tertiary/aromatic N) is 1. The molecule has 0 spiro atoms. The molecule has 0 unspecified atom stereocenters. The number of allylic oxidation sites excluding steroid dienone is 2. The predicted octanol–water partition coefficient (Wildman–Crippen LogP) is 5.13. The van der Waals surface area contributed by atoms with Gasteiger partial charge in [-0.25, -0.2) is 4.79 Å². The second-order valence-electron chi connectivity index (χ2n) is 13.2. The third-order valence-electron chi connectivity index (χ3n) is 11.0. The lowest BCUT2D eigenvalue weighted by Gasteiger charge is -2.58. The molecule has 1 aromatic carbocycles. The molecule has 0 aliphatic heterocycles. The summed E-state index contributed by atoms with van der Waals surface area (Å²) in [6.45, 7) is 6.31. The van der Waals surface area contributed by atoms with Crippen molar-refractivity contribution in [2.24, 2.45) is 39.7 Å². The number of methoxy groups -OCH3 is 1. The van der Waals surface area contributed by atoms with Gasteiger partial charge in [0.05, 0.1) is 12.8 Å². The molecule has 41 heavy (non-hydrogen) atoms. The molecule has 3 fully saturated rings. The number of esters is 1. The highest BCUT2D eigenvalue weighted by atomic mass is 16.6. The van der Waals surface area contributed by atoms with Gasteiger partial charge in [0.15, 0.2) is 6.61 Å². The number of amides is 1. The number of phenols is 1. The SMILES string of the molecule is COC(=O)[C@H](Cc1ccc(O)cc1)NC(=O)CO/N=C1/C=C2CC[C@H]3[C@@H](CC[C@]4(C)[C@@H](C(C)=O)CC[C@@H]34)[C@@]2(C)CC1. The Bertz CT molecular complexity index is 1240. The summed E-state index contributed by atoms with van der Waals surface area (Å²) in [5.41, 5.74) is 3.39. The van der Waals surface area contributed by atoms with Crippen molar-refractivity contribution in [3.63, 3.8) is 0 Å². The Morgan fingerprint density at radius 3 is 2.51 bits per heavy atom. The Morgan fingerprint density at radius 1 is 1.05 bits per heavy atom. The molecule has 5 rings (SSSR count). The lowest BCUT2D eigenvalue weighted by molar-refractivity contribution is -0.145. The number of hydrogen-bond donors (Lipinski definition) is 2. The lowest BCUT2D eigenvalue weighted by Crippen LogP contribution is -2.51. The first-order chi connectivity index (χ1) is 19.5. The van der Waals surface area contributed by atoms with Gasteiger partial charge in [0.25, 0.3) is 5.91 Å². The number of ketones is 1. The van der Waals surface area contributed by atoms with Crippen LogP contribution >= 0.6 is 0 Å². The second kappa shape index (κ2) is 11.6. The zero-order valence-corrected chi connectivity index (χ0v) is 24.8. The van der Waals surface area contributed by atoms with E-state index in [9.17, 15) is 19.5 Å². The number of ether oxygens (including phenoxy) is 1. The fourth-order valence-electron chi connectivity index (χ4n) is 8.92. The summed E-state index contributed by atoms with van der Waals surface area (Å²) >= 11 is 0. The molecule has 4 aliphatic carbocycles. The minimum atomic E-state index is -0.871. The number of carbonyl (C=O) groups excluding carboxylic acids is 3. The minimum absolute atomic E-state index is 0.129. The smallest absolute Gasteiger partial charge is 0.328 e. The van der Waals surface area contributed by atoms with Crippen LogP contribution in [-0.2, 0) is 30.4 Å². The first-order valence-electron chi connectivity index (χ1n) is 15.1. The van der Waals surface area contributed by atoms with Crippen LogP contribution in [0.3, 0.4) is 0 Å². The van der Waals surface area contributed by atoms with Crippen molar-refractivity contribution in [3.05, 3.63) is 41.5 Å². The zero-order chi connectivity index (χ0) is 29.4. The number of aromatic hydroxyl groups is 1. The van der Waals surface area contributed by atoms with Gasteiger partial charge in [-0.2, -0.15) is 0 Å². The van der Waals surface area contributed by atoms with Crippen LogP contribution < -0.4 is 5.32 Å². The number of oxime groups is 1. The number of phenolic OH excluding ortho intramolecular Hbond substituents is 1. The second-order valence-corrected chi connectivity index (χ2v) is 13.2. The highest BCUT2D eigenvalue weighted by Gasteiger charge is 2.59. The summed E-state index contributed by atoms with van der Waals surface area (Å²) in [5, 5.41) is 16.5. The van der Waals surface area contributed by atoms with Crippen molar-refractivity contribution in [3.8, 4) is 5.75 Å². The fraction of sp³-hybridized carbons (Fsp3) is 0.636. The molecular weight excluding hydrogens is 520 g/mol. The monoisotopic (exact) mass is 564 g/mol. The molecule has 222 valence electrons. The third-order valence-corrected chi connectivity index (χ3v) is 11.0. The molecule has 0 saturated heterocycles. The Morgan fingerprint density at radius 2 is 1.80 bits per heavy atom. The van der Waals surface area contributed by atoms with Gasteiger partial charge in [0, 0.05) is 12.3 Å². The molecule has 0 radical (unpaired) electrons. The van der Waals surface area contributed by atoms with Crippen LogP contribution in [0, 0.1) is 34.5 Å². The Balaban J connectivity index is 1.19. The summed E-state index contributed by atoms with van der Waals surface area (Å²) < 4.78 is 4.86. The van der Waals surface area contributed by atoms with E-state index in [0.717, 1.165) is 43.4 Å². The first-order valence-corrected chi connectivity index (χ1v) is 15.1. The number of carbonyl (C=O) groups is 3. The van der Waals surface area contributed by atoms with E-state index in [1.807, 2.05) is 0 Å². The van der Waals surface area contributed by atoms with Gasteiger partial charge in [-0.05, 0) is 111 Å². The van der Waals surface area contributed by atoms with Gasteiger partial charge in [0.1, 0.15) is 17.6 Å². The normalized spacial score (nSPS) is 34.0. The Hall–Kier alpha value is -3.16. The van der Waals surface area contributed by atoms with Crippen LogP contribution in [0.25, 0.3) is 0 Å². The fourth-order valence-corrected chi connectivity index (χ4v) is 8.92. The first kappa shape index (κ1) is 29.3. The lowest BCUT2D eigenvalue weighted by atomic mass is 9.46. The maximum atomic E-state index is 12.6. The van der Waals surface area contributed by atoms with Crippen LogP contribution in [0.15, 0.2) is 41.1 Å². The molecule has 8 heteroatoms. The molecule has 3 saturated carbocycles. The van der Waals surface area contributed by atoms with Crippen LogP contribution in [0.5, 0.6) is 5.75 Å². The molecule has 0 aromatic heterocycles. The van der Waals surface area contributed by atoms with Crippen LogP contribution in [0.2, 0.25) is 0 Å². The van der Waals surface area contributed by atoms with E-state index in [2.05, 4.69) is 30.4 Å². The van der Waals surface area contributed by atoms with Gasteiger partial charge < -0.3 is 20.0 Å². The average Bonchev–Trinajstić information content (AvgIpc) is 3.31. The van der Waals surface area contributed by atoms with Crippen LogP contribution in [0.1, 0.15) is 77.7 Å². The van der Waals surface area contributed by atoms with Crippen LogP contribution in [-0.4, -0.2) is 48.2 Å². The van der Waals surface area contributed by atoms with E-state index >= 15 is 0 Å². The summed E-state index contributed by atoms with van der Waals surface area (Å²) in [5.74, 6) is 1.70. The molecule has 1 aromatic rings. The topological polar surface area (TPSA) is 114 Å². The zero-order valence-electron chi connectivity index (χ0n) is 24.8. The van der Waals surface area contributed by atoms with Crippen molar-refractivity contribution in [2.75, 3.05) is 13.7 Å². The number of rotatable bonds is 8. The van der Waals surface area contributed by atoms with E-state index in [-0.39, 0.29) is 35.5 Å². The standard InChI is InChI=1S/C33H44N2O6/c1-20(36)26-11-12-27-25-10-7-22-18-23(13-15-32(22,2)28(25)14-16-33(26,27)3)35-41-19-30(38)34-29(31(39)40-4)17-21-5-8-24(37)9-6-21/h5-6,8-9,18,25-29,37H,7,10-17,19H2,1-4H3,(H,34,38)/b35-23+/t25-,26-,27+,28-,29+,32+,33-/m1/s1. The van der Waals surface area contributed by atoms with Crippen molar-refractivity contribution >= 4 is 23.4 Å². The van der Waals surface area contributed by atoms with E-state index in [1.54, 1.807) is 19.1 Å². The minimum Gasteiger partial charge on any atom is -0.508 e. The van der Waals surface area contributed by atoms with Crippen LogP contribution in [0.4, 0.5) is 0 Å². The molecule has 0 heterocycles. The maximum absolute atomic E-state index is 12.6. The third kappa shape index (κ3) is 5.67. The average molecular weight is 565 g/mol. The Labute approximate surface area is 242 Å². The molecule has 2 N–H and O–H groups in total. The van der Waals surface area contributed by atoms with E-state index in [0.29, 0.717) is 23.5 Å².